The van der Waals surface area contributed by atoms with E-state index in [4.69, 9.17) is 22.9 Å². The quantitative estimate of drug-likeness (QED) is 0.0688. The topological polar surface area (TPSA) is 236 Å². The third-order valence-electron chi connectivity index (χ3n) is 7.26. The summed E-state index contributed by atoms with van der Waals surface area (Å²) in [5.41, 5.74) is 29.2. The van der Waals surface area contributed by atoms with Crippen molar-refractivity contribution in [2.24, 2.45) is 0 Å². The lowest BCUT2D eigenvalue weighted by molar-refractivity contribution is 0.816. The lowest BCUT2D eigenvalue weighted by Crippen LogP contribution is -2.25. The van der Waals surface area contributed by atoms with Gasteiger partial charge in [-0.25, -0.2) is 0 Å². The van der Waals surface area contributed by atoms with E-state index in [-0.39, 0.29) is 0 Å². The second-order valence-electron chi connectivity index (χ2n) is 11.6. The van der Waals surface area contributed by atoms with Crippen LogP contribution in [0.1, 0.15) is 13.8 Å². The van der Waals surface area contributed by atoms with Gasteiger partial charge in [-0.2, -0.15) is 29.9 Å². The summed E-state index contributed by atoms with van der Waals surface area (Å²) in [5, 5.41) is 12.7. The van der Waals surface area contributed by atoms with Gasteiger partial charge in [0.2, 0.25) is 35.7 Å². The van der Waals surface area contributed by atoms with Crippen LogP contribution in [-0.4, -0.2) is 57.1 Å². The third kappa shape index (κ3) is 10.4. The molecule has 16 nitrogen and oxygen atoms in total. The molecule has 2 heterocycles. The Morgan fingerprint density at radius 2 is 0.731 bits per heavy atom. The summed E-state index contributed by atoms with van der Waals surface area (Å²) in [4.78, 5) is 30.7. The third-order valence-corrected chi connectivity index (χ3v) is 7.26. The van der Waals surface area contributed by atoms with E-state index in [0.717, 1.165) is 35.8 Å². The maximum absolute atomic E-state index is 5.85. The molecule has 0 saturated carbocycles. The smallest absolute Gasteiger partial charge is 0.233 e. The molecule has 0 amide bonds. The molecule has 268 valence electrons. The molecule has 16 heteroatoms. The number of nitrogens with zero attached hydrogens (tertiary/aromatic N) is 8. The fourth-order valence-corrected chi connectivity index (χ4v) is 4.78. The summed E-state index contributed by atoms with van der Waals surface area (Å²) in [7, 11) is 3.73. The zero-order chi connectivity index (χ0) is 37.0. The molecule has 0 bridgehead atoms. The number of hydrogen-bond donors (Lipinski definition) is 8. The highest BCUT2D eigenvalue weighted by atomic mass is 15.3. The van der Waals surface area contributed by atoms with Crippen LogP contribution in [0.2, 0.25) is 0 Å². The van der Waals surface area contributed by atoms with Crippen LogP contribution in [0.5, 0.6) is 0 Å². The lowest BCUT2D eigenvalue weighted by atomic mass is 10.3. The Bertz CT molecular complexity index is 1950. The van der Waals surface area contributed by atoms with Crippen LogP contribution in [-0.2, 0) is 0 Å². The first-order chi connectivity index (χ1) is 25.1. The van der Waals surface area contributed by atoms with Gasteiger partial charge in [0.05, 0.1) is 0 Å². The number of rotatable bonds is 12. The highest BCUT2D eigenvalue weighted by Crippen LogP contribution is 2.24. The van der Waals surface area contributed by atoms with Crippen molar-refractivity contribution in [2.45, 2.75) is 13.8 Å². The fraction of sp³-hybridized carbons (Fsp3) is 0.167. The summed E-state index contributed by atoms with van der Waals surface area (Å²) < 4.78 is 0. The maximum atomic E-state index is 5.85. The molecule has 0 spiro atoms. The van der Waals surface area contributed by atoms with Gasteiger partial charge in [0.25, 0.3) is 0 Å². The molecule has 0 atom stereocenters. The molecule has 0 aliphatic carbocycles. The van der Waals surface area contributed by atoms with E-state index in [1.807, 2.05) is 111 Å². The van der Waals surface area contributed by atoms with Crippen molar-refractivity contribution in [3.63, 3.8) is 0 Å². The SMILES string of the molecule is CCN(CC)c1nc(Nc2cccc(N)c2)nc(Nc2cccc(N)c2)n1.CN(C)c1nc(Nc2cccc(N)c2)nc(Nc2cccc(N)c2)n1. The van der Waals surface area contributed by atoms with Gasteiger partial charge in [0, 0.05) is 72.7 Å². The van der Waals surface area contributed by atoms with E-state index < -0.39 is 0 Å². The minimum absolute atomic E-state index is 0.413. The van der Waals surface area contributed by atoms with Gasteiger partial charge in [0.15, 0.2) is 0 Å². The average molecular weight is 701 g/mol. The first-order valence-corrected chi connectivity index (χ1v) is 16.5. The van der Waals surface area contributed by atoms with Gasteiger partial charge in [-0.1, -0.05) is 24.3 Å². The average Bonchev–Trinajstić information content (AvgIpc) is 3.09. The Balaban J connectivity index is 0.000000202. The van der Waals surface area contributed by atoms with Crippen LogP contribution in [0, 0.1) is 0 Å². The molecule has 0 fully saturated rings. The van der Waals surface area contributed by atoms with Crippen molar-refractivity contribution >= 4 is 81.2 Å². The highest BCUT2D eigenvalue weighted by molar-refractivity contribution is 5.65. The van der Waals surface area contributed by atoms with Gasteiger partial charge < -0.3 is 54.0 Å². The van der Waals surface area contributed by atoms with Gasteiger partial charge >= 0.3 is 0 Å². The van der Waals surface area contributed by atoms with E-state index >= 15 is 0 Å². The number of anilines is 14. The zero-order valence-electron chi connectivity index (χ0n) is 29.5. The van der Waals surface area contributed by atoms with Crippen LogP contribution >= 0.6 is 0 Å². The molecule has 4 aromatic carbocycles. The van der Waals surface area contributed by atoms with Crippen LogP contribution < -0.4 is 54.0 Å². The summed E-state index contributed by atoms with van der Waals surface area (Å²) >= 11 is 0. The Hall–Kier alpha value is -7.10. The van der Waals surface area contributed by atoms with Gasteiger partial charge in [-0.05, 0) is 86.6 Å². The molecule has 6 rings (SSSR count). The normalized spacial score (nSPS) is 10.4. The van der Waals surface area contributed by atoms with Crippen molar-refractivity contribution in [3.05, 3.63) is 97.1 Å². The minimum Gasteiger partial charge on any atom is -0.399 e. The standard InChI is InChI=1S/C19H24N8.C17H20N8/c1-3-27(4-2)19-25-17(22-15-9-5-7-13(20)11-15)24-18(26-19)23-16-10-6-8-14(21)12-16;1-25(2)17-23-15(20-13-7-3-5-11(18)9-13)22-16(24-17)21-14-8-4-6-12(19)10-14/h5-12H,3-4,20-21H2,1-2H3,(H2,22,23,24,25,26);3-10H,18-19H2,1-2H3,(H2,20,21,22,23,24). The number of hydrogen-bond acceptors (Lipinski definition) is 16. The van der Waals surface area contributed by atoms with Gasteiger partial charge in [-0.15, -0.1) is 0 Å². The van der Waals surface area contributed by atoms with E-state index in [1.54, 1.807) is 4.90 Å². The molecule has 0 aliphatic rings. The number of nitrogens with one attached hydrogen (secondary N) is 4. The van der Waals surface area contributed by atoms with Crippen molar-refractivity contribution in [1.82, 2.24) is 29.9 Å². The largest absolute Gasteiger partial charge is 0.399 e. The second kappa shape index (κ2) is 17.0. The van der Waals surface area contributed by atoms with Crippen LogP contribution in [0.4, 0.5) is 81.2 Å². The molecule has 0 radical (unpaired) electrons. The van der Waals surface area contributed by atoms with Crippen molar-refractivity contribution in [2.75, 3.05) is 81.2 Å². The van der Waals surface area contributed by atoms with Crippen LogP contribution in [0.25, 0.3) is 0 Å². The molecule has 12 N–H and O–H groups in total. The van der Waals surface area contributed by atoms with E-state index in [1.165, 1.54) is 0 Å². The molecule has 0 aliphatic heterocycles. The van der Waals surface area contributed by atoms with E-state index in [9.17, 15) is 0 Å². The Labute approximate surface area is 302 Å². The fourth-order valence-electron chi connectivity index (χ4n) is 4.78. The van der Waals surface area contributed by atoms with Crippen LogP contribution in [0.15, 0.2) is 97.1 Å². The van der Waals surface area contributed by atoms with Gasteiger partial charge in [-0.3, -0.25) is 0 Å². The summed E-state index contributed by atoms with van der Waals surface area (Å²) in [6, 6.07) is 29.6. The molecule has 6 aromatic rings. The number of nitrogen functional groups attached to an aromatic ring is 4. The van der Waals surface area contributed by atoms with Crippen LogP contribution in [0.3, 0.4) is 0 Å². The minimum atomic E-state index is 0.413. The van der Waals surface area contributed by atoms with E-state index in [0.29, 0.717) is 58.4 Å². The summed E-state index contributed by atoms with van der Waals surface area (Å²) in [6.45, 7) is 5.69. The second-order valence-corrected chi connectivity index (χ2v) is 11.6. The molecule has 2 aromatic heterocycles. The predicted molar refractivity (Wildman–Crippen MR) is 214 cm³/mol. The Kier molecular flexibility index (Phi) is 11.8. The van der Waals surface area contributed by atoms with Crippen molar-refractivity contribution in [3.8, 4) is 0 Å². The van der Waals surface area contributed by atoms with Crippen molar-refractivity contribution in [1.29, 1.82) is 0 Å². The first kappa shape index (κ1) is 36.2. The highest BCUT2D eigenvalue weighted by Gasteiger charge is 2.13. The number of aromatic nitrogens is 6. The zero-order valence-corrected chi connectivity index (χ0v) is 29.5. The first-order valence-electron chi connectivity index (χ1n) is 16.5. The molecular weight excluding hydrogens is 657 g/mol. The number of benzene rings is 4. The molecular formula is C36H44N16. The summed E-state index contributed by atoms with van der Waals surface area (Å²) in [5.74, 6) is 2.81. The maximum Gasteiger partial charge on any atom is 0.233 e. The molecule has 0 unspecified atom stereocenters. The lowest BCUT2D eigenvalue weighted by Gasteiger charge is -2.20. The van der Waals surface area contributed by atoms with E-state index in [2.05, 4.69) is 69.9 Å². The molecule has 0 saturated heterocycles. The van der Waals surface area contributed by atoms with Gasteiger partial charge in [0.1, 0.15) is 0 Å². The Morgan fingerprint density at radius 1 is 0.442 bits per heavy atom. The van der Waals surface area contributed by atoms with Crippen molar-refractivity contribution < 1.29 is 0 Å². The predicted octanol–water partition coefficient (Wildman–Crippen LogP) is 5.96. The summed E-state index contributed by atoms with van der Waals surface area (Å²) in [6.07, 6.45) is 0. The number of nitrogens with two attached hydrogens (primary N) is 4. The monoisotopic (exact) mass is 700 g/mol. The molecule has 52 heavy (non-hydrogen) atoms. The Morgan fingerprint density at radius 3 is 0.981 bits per heavy atom.